The first-order chi connectivity index (χ1) is 12.5. The lowest BCUT2D eigenvalue weighted by Gasteiger charge is -2.14. The smallest absolute Gasteiger partial charge is 0.352 e. The van der Waals surface area contributed by atoms with Crippen LogP contribution < -0.4 is 10.3 Å². The van der Waals surface area contributed by atoms with Crippen LogP contribution in [-0.4, -0.2) is 22.8 Å². The van der Waals surface area contributed by atoms with Gasteiger partial charge in [0.05, 0.1) is 13.7 Å². The fourth-order valence-electron chi connectivity index (χ4n) is 2.94. The van der Waals surface area contributed by atoms with Gasteiger partial charge in [0.25, 0.3) is 5.56 Å². The highest BCUT2D eigenvalue weighted by molar-refractivity contribution is 5.85. The summed E-state index contributed by atoms with van der Waals surface area (Å²) in [4.78, 5) is 23.6. The van der Waals surface area contributed by atoms with Crippen LogP contribution in [0.3, 0.4) is 0 Å². The number of methoxy groups -OCH3 is 1. The number of ether oxygens (including phenoxy) is 1. The maximum absolute atomic E-state index is 12.1. The molecule has 132 valence electrons. The van der Waals surface area contributed by atoms with Crippen molar-refractivity contribution in [1.82, 2.24) is 4.57 Å². The number of aryl methyl sites for hydroxylation is 1. The molecule has 0 aliphatic heterocycles. The van der Waals surface area contributed by atoms with Gasteiger partial charge in [-0.3, -0.25) is 9.36 Å². The van der Waals surface area contributed by atoms with Crippen molar-refractivity contribution in [1.29, 1.82) is 0 Å². The van der Waals surface area contributed by atoms with Crippen LogP contribution in [0.4, 0.5) is 0 Å². The van der Waals surface area contributed by atoms with E-state index in [0.29, 0.717) is 0 Å². The van der Waals surface area contributed by atoms with Gasteiger partial charge in [-0.2, -0.15) is 0 Å². The summed E-state index contributed by atoms with van der Waals surface area (Å²) >= 11 is 0. The molecule has 0 atom stereocenters. The van der Waals surface area contributed by atoms with E-state index >= 15 is 0 Å². The van der Waals surface area contributed by atoms with Gasteiger partial charge in [0.2, 0.25) is 0 Å². The molecule has 5 heteroatoms. The van der Waals surface area contributed by atoms with Crippen LogP contribution >= 0.6 is 0 Å². The molecule has 0 radical (unpaired) electrons. The Labute approximate surface area is 151 Å². The molecule has 0 saturated carbocycles. The molecule has 0 unspecified atom stereocenters. The van der Waals surface area contributed by atoms with Crippen LogP contribution in [0.15, 0.2) is 65.5 Å². The van der Waals surface area contributed by atoms with Crippen LogP contribution in [0.5, 0.6) is 5.75 Å². The molecule has 3 rings (SSSR count). The van der Waals surface area contributed by atoms with E-state index in [-0.39, 0.29) is 17.8 Å². The normalized spacial score (nSPS) is 10.5. The van der Waals surface area contributed by atoms with E-state index in [2.05, 4.69) is 6.07 Å². The Balaban J connectivity index is 2.08. The van der Waals surface area contributed by atoms with Crippen molar-refractivity contribution >= 4 is 5.97 Å². The summed E-state index contributed by atoms with van der Waals surface area (Å²) < 4.78 is 6.72. The van der Waals surface area contributed by atoms with Crippen molar-refractivity contribution in [2.75, 3.05) is 7.11 Å². The fourth-order valence-corrected chi connectivity index (χ4v) is 2.94. The molecular formula is C21H19NO4. The number of pyridine rings is 1. The van der Waals surface area contributed by atoms with Gasteiger partial charge in [0.15, 0.2) is 0 Å². The third-order valence-corrected chi connectivity index (χ3v) is 4.20. The fraction of sp³-hybridized carbons (Fsp3) is 0.143. The summed E-state index contributed by atoms with van der Waals surface area (Å²) in [6.45, 7) is 2.19. The number of benzene rings is 2. The molecule has 3 aromatic rings. The van der Waals surface area contributed by atoms with E-state index in [1.807, 2.05) is 43.3 Å². The summed E-state index contributed by atoms with van der Waals surface area (Å²) in [6, 6.07) is 17.9. The van der Waals surface area contributed by atoms with E-state index in [1.54, 1.807) is 7.11 Å². The van der Waals surface area contributed by atoms with Gasteiger partial charge in [-0.1, -0.05) is 42.0 Å². The van der Waals surface area contributed by atoms with Gasteiger partial charge in [0.1, 0.15) is 11.4 Å². The van der Waals surface area contributed by atoms with Gasteiger partial charge in [-0.15, -0.1) is 0 Å². The molecule has 2 aromatic carbocycles. The molecule has 0 fully saturated rings. The minimum absolute atomic E-state index is 0.0366. The molecule has 0 aliphatic carbocycles. The third-order valence-electron chi connectivity index (χ3n) is 4.20. The molecule has 0 bridgehead atoms. The number of carbonyl (C=O) groups is 1. The molecule has 26 heavy (non-hydrogen) atoms. The largest absolute Gasteiger partial charge is 0.496 e. The van der Waals surface area contributed by atoms with Crippen molar-refractivity contribution in [3.05, 3.63) is 87.8 Å². The topological polar surface area (TPSA) is 68.5 Å². The molecule has 0 saturated heterocycles. The van der Waals surface area contributed by atoms with E-state index in [4.69, 9.17) is 4.74 Å². The van der Waals surface area contributed by atoms with E-state index < -0.39 is 5.97 Å². The van der Waals surface area contributed by atoms with E-state index in [1.165, 1.54) is 22.8 Å². The summed E-state index contributed by atoms with van der Waals surface area (Å²) in [6.07, 6.45) is 0. The zero-order chi connectivity index (χ0) is 18.7. The number of hydrogen-bond acceptors (Lipinski definition) is 3. The number of aromatic carboxylic acids is 1. The number of carboxylic acids is 1. The first kappa shape index (κ1) is 17.5. The summed E-state index contributed by atoms with van der Waals surface area (Å²) in [5.41, 5.74) is 3.46. The zero-order valence-electron chi connectivity index (χ0n) is 14.6. The Hall–Kier alpha value is -3.34. The number of nitrogens with zero attached hydrogens (tertiary/aromatic N) is 1. The van der Waals surface area contributed by atoms with Crippen LogP contribution in [0.25, 0.3) is 11.1 Å². The molecule has 1 aromatic heterocycles. The van der Waals surface area contributed by atoms with Crippen molar-refractivity contribution in [3.8, 4) is 16.9 Å². The monoisotopic (exact) mass is 349 g/mol. The van der Waals surface area contributed by atoms with Gasteiger partial charge < -0.3 is 9.84 Å². The summed E-state index contributed by atoms with van der Waals surface area (Å²) in [5, 5.41) is 9.33. The Bertz CT molecular complexity index is 1020. The maximum atomic E-state index is 12.1. The molecule has 1 N–H and O–H groups in total. The van der Waals surface area contributed by atoms with Crippen molar-refractivity contribution < 1.29 is 14.6 Å². The molecule has 1 heterocycles. The van der Waals surface area contributed by atoms with E-state index in [0.717, 1.165) is 28.0 Å². The lowest BCUT2D eigenvalue weighted by atomic mass is 10.00. The predicted molar refractivity (Wildman–Crippen MR) is 99.9 cm³/mol. The Morgan fingerprint density at radius 1 is 1.08 bits per heavy atom. The van der Waals surface area contributed by atoms with Crippen molar-refractivity contribution in [2.24, 2.45) is 0 Å². The number of aromatic nitrogens is 1. The summed E-state index contributed by atoms with van der Waals surface area (Å²) in [5.74, 6) is -0.409. The molecular weight excluding hydrogens is 330 g/mol. The lowest BCUT2D eigenvalue weighted by molar-refractivity contribution is 0.0684. The number of hydrogen-bond donors (Lipinski definition) is 1. The molecule has 0 spiro atoms. The SMILES string of the molecule is COc1ccc(Cn2c(C(=O)O)cccc2=O)cc1-c1cccc(C)c1. The average Bonchev–Trinajstić information content (AvgIpc) is 2.63. The minimum atomic E-state index is -1.13. The molecule has 0 amide bonds. The van der Waals surface area contributed by atoms with E-state index in [9.17, 15) is 14.7 Å². The first-order valence-electron chi connectivity index (χ1n) is 8.16. The highest BCUT2D eigenvalue weighted by atomic mass is 16.5. The number of rotatable bonds is 5. The molecule has 5 nitrogen and oxygen atoms in total. The Morgan fingerprint density at radius 2 is 1.85 bits per heavy atom. The Morgan fingerprint density at radius 3 is 2.54 bits per heavy atom. The highest BCUT2D eigenvalue weighted by Crippen LogP contribution is 2.31. The standard InChI is InChI=1S/C21H19NO4/c1-14-5-3-6-16(11-14)17-12-15(9-10-19(17)26-2)13-22-18(21(24)25)7-4-8-20(22)23/h3-12H,13H2,1-2H3,(H,24,25). The van der Waals surface area contributed by atoms with Gasteiger partial charge in [-0.25, -0.2) is 4.79 Å². The van der Waals surface area contributed by atoms with Crippen LogP contribution in [0.2, 0.25) is 0 Å². The second kappa shape index (κ2) is 7.27. The minimum Gasteiger partial charge on any atom is -0.496 e. The van der Waals surface area contributed by atoms with Crippen LogP contribution in [0.1, 0.15) is 21.6 Å². The maximum Gasteiger partial charge on any atom is 0.352 e. The number of carboxylic acid groups (broad SMARTS) is 1. The van der Waals surface area contributed by atoms with Gasteiger partial charge in [0, 0.05) is 11.6 Å². The second-order valence-electron chi connectivity index (χ2n) is 6.04. The van der Waals surface area contributed by atoms with Crippen LogP contribution in [0, 0.1) is 6.92 Å². The van der Waals surface area contributed by atoms with Crippen LogP contribution in [-0.2, 0) is 6.54 Å². The highest BCUT2D eigenvalue weighted by Gasteiger charge is 2.13. The quantitative estimate of drug-likeness (QED) is 0.764. The van der Waals surface area contributed by atoms with Crippen molar-refractivity contribution in [3.63, 3.8) is 0 Å². The predicted octanol–water partition coefficient (Wildman–Crippen LogP) is 3.58. The Kier molecular flexibility index (Phi) is 4.89. The third kappa shape index (κ3) is 3.52. The van der Waals surface area contributed by atoms with Crippen molar-refractivity contribution in [2.45, 2.75) is 13.5 Å². The average molecular weight is 349 g/mol. The molecule has 0 aliphatic rings. The van der Waals surface area contributed by atoms with Gasteiger partial charge in [-0.05, 0) is 36.2 Å². The lowest BCUT2D eigenvalue weighted by Crippen LogP contribution is -2.25. The second-order valence-corrected chi connectivity index (χ2v) is 6.04. The first-order valence-corrected chi connectivity index (χ1v) is 8.16. The zero-order valence-corrected chi connectivity index (χ0v) is 14.6. The summed E-state index contributed by atoms with van der Waals surface area (Å²) in [7, 11) is 1.61. The van der Waals surface area contributed by atoms with Gasteiger partial charge >= 0.3 is 5.97 Å².